The van der Waals surface area contributed by atoms with Crippen LogP contribution in [-0.2, 0) is 5.41 Å². The summed E-state index contributed by atoms with van der Waals surface area (Å²) in [5.74, 6) is 0.561. The first-order valence-electron chi connectivity index (χ1n) is 5.98. The van der Waals surface area contributed by atoms with Crippen LogP contribution in [0.5, 0.6) is 0 Å². The first-order chi connectivity index (χ1) is 7.17. The van der Waals surface area contributed by atoms with Gasteiger partial charge in [0, 0.05) is 11.5 Å². The van der Waals surface area contributed by atoms with Crippen LogP contribution in [0, 0.1) is 5.92 Å². The molecule has 82 valence electrons. The maximum Gasteiger partial charge on any atom is 0.0160 e. The summed E-state index contributed by atoms with van der Waals surface area (Å²) < 4.78 is 0. The predicted octanol–water partition coefficient (Wildman–Crippen LogP) is 3.09. The molecule has 2 N–H and O–H groups in total. The van der Waals surface area contributed by atoms with E-state index in [0.29, 0.717) is 12.0 Å². The molecule has 0 radical (unpaired) electrons. The van der Waals surface area contributed by atoms with Crippen molar-refractivity contribution < 1.29 is 0 Å². The number of rotatable bonds is 3. The van der Waals surface area contributed by atoms with Gasteiger partial charge >= 0.3 is 0 Å². The van der Waals surface area contributed by atoms with E-state index < -0.39 is 0 Å². The van der Waals surface area contributed by atoms with Gasteiger partial charge in [0.1, 0.15) is 0 Å². The minimum atomic E-state index is 0.273. The van der Waals surface area contributed by atoms with Gasteiger partial charge in [-0.15, -0.1) is 0 Å². The van der Waals surface area contributed by atoms with Crippen LogP contribution < -0.4 is 5.73 Å². The average molecular weight is 203 g/mol. The fourth-order valence-corrected chi connectivity index (χ4v) is 2.78. The molecule has 1 atom stereocenters. The summed E-state index contributed by atoms with van der Waals surface area (Å²) >= 11 is 0. The summed E-state index contributed by atoms with van der Waals surface area (Å²) in [4.78, 5) is 0. The highest BCUT2D eigenvalue weighted by Gasteiger charge is 2.44. The fourth-order valence-electron chi connectivity index (χ4n) is 2.78. The highest BCUT2D eigenvalue weighted by molar-refractivity contribution is 5.30. The Labute approximate surface area is 92.7 Å². The molecule has 1 nitrogen and oxygen atoms in total. The Morgan fingerprint density at radius 2 is 1.73 bits per heavy atom. The molecule has 1 heteroatoms. The molecule has 1 aliphatic carbocycles. The summed E-state index contributed by atoms with van der Waals surface area (Å²) in [6, 6.07) is 11.1. The second-order valence-corrected chi connectivity index (χ2v) is 5.15. The van der Waals surface area contributed by atoms with Gasteiger partial charge in [-0.1, -0.05) is 50.6 Å². The third-order valence-corrected chi connectivity index (χ3v) is 3.95. The van der Waals surface area contributed by atoms with E-state index in [1.54, 1.807) is 0 Å². The summed E-state index contributed by atoms with van der Waals surface area (Å²) in [5.41, 5.74) is 8.10. The molecule has 1 aromatic carbocycles. The van der Waals surface area contributed by atoms with Crippen LogP contribution in [0.4, 0.5) is 0 Å². The quantitative estimate of drug-likeness (QED) is 0.802. The van der Waals surface area contributed by atoms with Gasteiger partial charge in [-0.3, -0.25) is 0 Å². The van der Waals surface area contributed by atoms with Gasteiger partial charge < -0.3 is 5.73 Å². The van der Waals surface area contributed by atoms with Gasteiger partial charge in [0.05, 0.1) is 0 Å². The maximum absolute atomic E-state index is 6.39. The minimum Gasteiger partial charge on any atom is -0.327 e. The van der Waals surface area contributed by atoms with Gasteiger partial charge in [-0.05, 0) is 24.3 Å². The summed E-state index contributed by atoms with van der Waals surface area (Å²) in [6.45, 7) is 4.46. The smallest absolute Gasteiger partial charge is 0.0160 e. The SMILES string of the molecule is CC(C)C(N)C1(c2ccccc2)CCC1. The Kier molecular flexibility index (Phi) is 2.83. The van der Waals surface area contributed by atoms with E-state index in [-0.39, 0.29) is 5.41 Å². The maximum atomic E-state index is 6.39. The normalized spacial score (nSPS) is 21.1. The van der Waals surface area contributed by atoms with E-state index in [9.17, 15) is 0 Å². The van der Waals surface area contributed by atoms with Crippen LogP contribution in [0.1, 0.15) is 38.7 Å². The molecule has 1 aliphatic rings. The largest absolute Gasteiger partial charge is 0.327 e. The van der Waals surface area contributed by atoms with Gasteiger partial charge in [0.25, 0.3) is 0 Å². The predicted molar refractivity (Wildman–Crippen MR) is 64.8 cm³/mol. The molecule has 2 rings (SSSR count). The van der Waals surface area contributed by atoms with Crippen molar-refractivity contribution in [3.63, 3.8) is 0 Å². The third kappa shape index (κ3) is 1.69. The Morgan fingerprint density at radius 3 is 2.13 bits per heavy atom. The fraction of sp³-hybridized carbons (Fsp3) is 0.571. The Morgan fingerprint density at radius 1 is 1.13 bits per heavy atom. The summed E-state index contributed by atoms with van der Waals surface area (Å²) in [5, 5.41) is 0. The van der Waals surface area contributed by atoms with E-state index in [4.69, 9.17) is 5.73 Å². The van der Waals surface area contributed by atoms with Crippen LogP contribution in [-0.4, -0.2) is 6.04 Å². The lowest BCUT2D eigenvalue weighted by Crippen LogP contribution is -2.52. The Hall–Kier alpha value is -0.820. The van der Waals surface area contributed by atoms with Crippen molar-refractivity contribution in [3.8, 4) is 0 Å². The van der Waals surface area contributed by atoms with Gasteiger partial charge in [0.15, 0.2) is 0 Å². The van der Waals surface area contributed by atoms with Crippen LogP contribution >= 0.6 is 0 Å². The zero-order chi connectivity index (χ0) is 10.9. The van der Waals surface area contributed by atoms with Crippen molar-refractivity contribution in [3.05, 3.63) is 35.9 Å². The molecule has 0 heterocycles. The average Bonchev–Trinajstić information content (AvgIpc) is 2.17. The van der Waals surface area contributed by atoms with Crippen LogP contribution in [0.2, 0.25) is 0 Å². The zero-order valence-electron chi connectivity index (χ0n) is 9.74. The van der Waals surface area contributed by atoms with Crippen molar-refractivity contribution in [2.45, 2.75) is 44.6 Å². The first-order valence-corrected chi connectivity index (χ1v) is 5.98. The molecular formula is C14H21N. The molecule has 0 bridgehead atoms. The van der Waals surface area contributed by atoms with Crippen molar-refractivity contribution in [1.29, 1.82) is 0 Å². The molecule has 0 saturated heterocycles. The molecular weight excluding hydrogens is 182 g/mol. The van der Waals surface area contributed by atoms with Gasteiger partial charge in [0.2, 0.25) is 0 Å². The van der Waals surface area contributed by atoms with Crippen molar-refractivity contribution in [2.24, 2.45) is 11.7 Å². The Bertz CT molecular complexity index is 311. The van der Waals surface area contributed by atoms with Crippen LogP contribution in [0.25, 0.3) is 0 Å². The molecule has 15 heavy (non-hydrogen) atoms. The first kappa shape index (κ1) is 10.7. The Balaban J connectivity index is 2.30. The second kappa shape index (κ2) is 3.97. The van der Waals surface area contributed by atoms with E-state index in [0.717, 1.165) is 0 Å². The number of benzene rings is 1. The van der Waals surface area contributed by atoms with Crippen LogP contribution in [0.15, 0.2) is 30.3 Å². The highest BCUT2D eigenvalue weighted by atomic mass is 14.7. The molecule has 1 unspecified atom stereocenters. The van der Waals surface area contributed by atoms with Crippen LogP contribution in [0.3, 0.4) is 0 Å². The second-order valence-electron chi connectivity index (χ2n) is 5.15. The standard InChI is InChI=1S/C14H21N/c1-11(2)13(15)14(9-6-10-14)12-7-4-3-5-8-12/h3-5,7-8,11,13H,6,9-10,15H2,1-2H3. The molecule has 0 aromatic heterocycles. The molecule has 1 saturated carbocycles. The number of hydrogen-bond donors (Lipinski definition) is 1. The molecule has 0 spiro atoms. The molecule has 1 aromatic rings. The van der Waals surface area contributed by atoms with E-state index in [1.165, 1.54) is 24.8 Å². The lowest BCUT2D eigenvalue weighted by atomic mass is 9.58. The summed E-state index contributed by atoms with van der Waals surface area (Å²) in [7, 11) is 0. The highest BCUT2D eigenvalue weighted by Crippen LogP contribution is 2.47. The van der Waals surface area contributed by atoms with Crippen molar-refractivity contribution in [2.75, 3.05) is 0 Å². The van der Waals surface area contributed by atoms with Gasteiger partial charge in [-0.25, -0.2) is 0 Å². The monoisotopic (exact) mass is 203 g/mol. The number of hydrogen-bond acceptors (Lipinski definition) is 1. The molecule has 0 amide bonds. The van der Waals surface area contributed by atoms with E-state index in [1.807, 2.05) is 0 Å². The third-order valence-electron chi connectivity index (χ3n) is 3.95. The lowest BCUT2D eigenvalue weighted by Gasteiger charge is -2.48. The molecule has 1 fully saturated rings. The van der Waals surface area contributed by atoms with E-state index in [2.05, 4.69) is 44.2 Å². The topological polar surface area (TPSA) is 26.0 Å². The zero-order valence-corrected chi connectivity index (χ0v) is 9.74. The number of nitrogens with two attached hydrogens (primary N) is 1. The van der Waals surface area contributed by atoms with Crippen molar-refractivity contribution in [1.82, 2.24) is 0 Å². The van der Waals surface area contributed by atoms with Gasteiger partial charge in [-0.2, -0.15) is 0 Å². The minimum absolute atomic E-state index is 0.273. The van der Waals surface area contributed by atoms with Crippen molar-refractivity contribution >= 4 is 0 Å². The lowest BCUT2D eigenvalue weighted by molar-refractivity contribution is 0.164. The molecule has 0 aliphatic heterocycles. The summed E-state index contributed by atoms with van der Waals surface area (Å²) in [6.07, 6.45) is 3.85. The van der Waals surface area contributed by atoms with E-state index >= 15 is 0 Å².